The molecule has 0 unspecified atom stereocenters. The smallest absolute Gasteiger partial charge is 0.142 e. The highest BCUT2D eigenvalue weighted by Gasteiger charge is 2.02. The summed E-state index contributed by atoms with van der Waals surface area (Å²) in [5.41, 5.74) is 2.80. The molecule has 0 N–H and O–H groups in total. The molecule has 0 aliphatic heterocycles. The van der Waals surface area contributed by atoms with Gasteiger partial charge >= 0.3 is 0 Å². The summed E-state index contributed by atoms with van der Waals surface area (Å²) in [6.07, 6.45) is 2.66. The van der Waals surface area contributed by atoms with Crippen LogP contribution in [-0.2, 0) is 6.42 Å². The predicted octanol–water partition coefficient (Wildman–Crippen LogP) is 2.63. The van der Waals surface area contributed by atoms with Crippen molar-refractivity contribution in [3.63, 3.8) is 0 Å². The van der Waals surface area contributed by atoms with Gasteiger partial charge in [-0.3, -0.25) is 0 Å². The number of anilines is 1. The molecule has 0 saturated carbocycles. The fourth-order valence-corrected chi connectivity index (χ4v) is 1.79. The minimum Gasteiger partial charge on any atom is -0.374 e. The van der Waals surface area contributed by atoms with Gasteiger partial charge in [0.15, 0.2) is 0 Å². The summed E-state index contributed by atoms with van der Waals surface area (Å²) in [4.78, 5) is 6.11. The van der Waals surface area contributed by atoms with Crippen molar-refractivity contribution in [2.45, 2.75) is 6.42 Å². The number of hydrogen-bond acceptors (Lipinski definition) is 3. The molecule has 2 rings (SSSR count). The molecule has 1 aromatic carbocycles. The molecule has 0 amide bonds. The molecule has 3 nitrogen and oxygen atoms in total. The molecule has 0 saturated heterocycles. The maximum atomic E-state index is 8.82. The Morgan fingerprint density at radius 3 is 2.72 bits per heavy atom. The van der Waals surface area contributed by atoms with Gasteiger partial charge in [-0.15, -0.1) is 0 Å². The molecular formula is C15H15N3. The van der Waals surface area contributed by atoms with Gasteiger partial charge in [-0.2, -0.15) is 5.26 Å². The third kappa shape index (κ3) is 3.08. The highest BCUT2D eigenvalue weighted by molar-refractivity contribution is 5.48. The van der Waals surface area contributed by atoms with E-state index in [0.717, 1.165) is 18.7 Å². The summed E-state index contributed by atoms with van der Waals surface area (Å²) >= 11 is 0. The Balaban J connectivity index is 1.99. The van der Waals surface area contributed by atoms with E-state index in [1.807, 2.05) is 25.2 Å². The topological polar surface area (TPSA) is 39.9 Å². The zero-order valence-electron chi connectivity index (χ0n) is 10.4. The van der Waals surface area contributed by atoms with Gasteiger partial charge in [0.05, 0.1) is 0 Å². The summed E-state index contributed by atoms with van der Waals surface area (Å²) in [7, 11) is 2.03. The van der Waals surface area contributed by atoms with Crippen LogP contribution < -0.4 is 4.90 Å². The van der Waals surface area contributed by atoms with Crippen LogP contribution in [0.5, 0.6) is 0 Å². The monoisotopic (exact) mass is 237 g/mol. The highest BCUT2D eigenvalue weighted by atomic mass is 15.1. The fraction of sp³-hybridized carbons (Fsp3) is 0.200. The van der Waals surface area contributed by atoms with E-state index in [1.54, 1.807) is 6.20 Å². The quantitative estimate of drug-likeness (QED) is 0.820. The lowest BCUT2D eigenvalue weighted by atomic mass is 10.1. The molecule has 0 radical (unpaired) electrons. The zero-order chi connectivity index (χ0) is 12.8. The summed E-state index contributed by atoms with van der Waals surface area (Å²) in [5.74, 6) is 0. The molecule has 0 spiro atoms. The third-order valence-electron chi connectivity index (χ3n) is 2.88. The van der Waals surface area contributed by atoms with E-state index in [4.69, 9.17) is 5.26 Å². The van der Waals surface area contributed by atoms with Gasteiger partial charge in [-0.1, -0.05) is 30.3 Å². The van der Waals surface area contributed by atoms with Gasteiger partial charge < -0.3 is 4.90 Å². The van der Waals surface area contributed by atoms with Crippen molar-refractivity contribution in [3.05, 3.63) is 59.9 Å². The minimum atomic E-state index is 0.457. The Hall–Kier alpha value is -2.34. The van der Waals surface area contributed by atoms with Crippen molar-refractivity contribution in [2.24, 2.45) is 0 Å². The van der Waals surface area contributed by atoms with Crippen LogP contribution in [-0.4, -0.2) is 18.6 Å². The van der Waals surface area contributed by atoms with Gasteiger partial charge in [0.1, 0.15) is 11.8 Å². The molecule has 2 aromatic rings. The van der Waals surface area contributed by atoms with Gasteiger partial charge in [-0.25, -0.2) is 4.98 Å². The molecule has 0 bridgehead atoms. The van der Waals surface area contributed by atoms with Crippen LogP contribution in [0.4, 0.5) is 5.69 Å². The second-order valence-electron chi connectivity index (χ2n) is 4.17. The first-order valence-electron chi connectivity index (χ1n) is 5.91. The summed E-state index contributed by atoms with van der Waals surface area (Å²) in [6, 6.07) is 16.2. The normalized spacial score (nSPS) is 9.78. The molecule has 1 aromatic heterocycles. The van der Waals surface area contributed by atoms with Crippen molar-refractivity contribution in [1.29, 1.82) is 5.26 Å². The van der Waals surface area contributed by atoms with Crippen molar-refractivity contribution < 1.29 is 0 Å². The molecule has 0 fully saturated rings. The van der Waals surface area contributed by atoms with Crippen LogP contribution in [0.25, 0.3) is 0 Å². The maximum Gasteiger partial charge on any atom is 0.142 e. The number of nitrogens with zero attached hydrogens (tertiary/aromatic N) is 3. The molecule has 3 heteroatoms. The number of pyridine rings is 1. The van der Waals surface area contributed by atoms with Crippen molar-refractivity contribution in [2.75, 3.05) is 18.5 Å². The molecule has 0 aliphatic carbocycles. The fourth-order valence-electron chi connectivity index (χ4n) is 1.79. The minimum absolute atomic E-state index is 0.457. The van der Waals surface area contributed by atoms with Crippen LogP contribution >= 0.6 is 0 Å². The Morgan fingerprint density at radius 2 is 2.00 bits per heavy atom. The van der Waals surface area contributed by atoms with E-state index in [-0.39, 0.29) is 0 Å². The molecule has 0 atom stereocenters. The Morgan fingerprint density at radius 1 is 1.22 bits per heavy atom. The molecule has 0 aliphatic rings. The van der Waals surface area contributed by atoms with E-state index < -0.39 is 0 Å². The summed E-state index contributed by atoms with van der Waals surface area (Å²) in [5, 5.41) is 8.82. The van der Waals surface area contributed by atoms with Gasteiger partial charge in [0, 0.05) is 25.5 Å². The second kappa shape index (κ2) is 5.83. The first-order valence-corrected chi connectivity index (χ1v) is 5.91. The van der Waals surface area contributed by atoms with Crippen LogP contribution in [0.2, 0.25) is 0 Å². The van der Waals surface area contributed by atoms with Crippen LogP contribution in [0.15, 0.2) is 48.7 Å². The van der Waals surface area contributed by atoms with E-state index in [1.165, 1.54) is 5.56 Å². The molecule has 1 heterocycles. The van der Waals surface area contributed by atoms with Gasteiger partial charge in [-0.05, 0) is 24.1 Å². The van der Waals surface area contributed by atoms with Crippen LogP contribution in [0, 0.1) is 11.3 Å². The number of rotatable bonds is 4. The van der Waals surface area contributed by atoms with E-state index >= 15 is 0 Å². The lowest BCUT2D eigenvalue weighted by molar-refractivity contribution is 0.875. The lowest BCUT2D eigenvalue weighted by Crippen LogP contribution is -2.20. The number of nitriles is 1. The van der Waals surface area contributed by atoms with E-state index in [9.17, 15) is 0 Å². The largest absolute Gasteiger partial charge is 0.374 e. The Labute approximate surface area is 107 Å². The summed E-state index contributed by atoms with van der Waals surface area (Å²) in [6.45, 7) is 0.916. The number of hydrogen-bond donors (Lipinski definition) is 0. The Kier molecular flexibility index (Phi) is 3.93. The lowest BCUT2D eigenvalue weighted by Gasteiger charge is -2.19. The van der Waals surface area contributed by atoms with Crippen LogP contribution in [0.1, 0.15) is 11.3 Å². The van der Waals surface area contributed by atoms with Gasteiger partial charge in [0.25, 0.3) is 0 Å². The Bertz CT molecular complexity index is 543. The van der Waals surface area contributed by atoms with Gasteiger partial charge in [0.2, 0.25) is 0 Å². The van der Waals surface area contributed by atoms with Crippen molar-refractivity contribution in [3.8, 4) is 6.07 Å². The maximum absolute atomic E-state index is 8.82. The first-order chi connectivity index (χ1) is 8.79. The second-order valence-corrected chi connectivity index (χ2v) is 4.17. The average molecular weight is 237 g/mol. The number of likely N-dealkylation sites (N-methyl/N-ethyl adjacent to an activating group) is 1. The molecular weight excluding hydrogens is 222 g/mol. The zero-order valence-corrected chi connectivity index (χ0v) is 10.4. The highest BCUT2D eigenvalue weighted by Crippen LogP contribution is 2.13. The van der Waals surface area contributed by atoms with Crippen LogP contribution in [0.3, 0.4) is 0 Å². The number of aromatic nitrogens is 1. The standard InChI is InChI=1S/C15H15N3/c1-18(10-8-13-5-3-2-4-6-13)15-7-9-17-14(11-15)12-16/h2-7,9,11H,8,10H2,1H3. The summed E-state index contributed by atoms with van der Waals surface area (Å²) < 4.78 is 0. The first kappa shape index (κ1) is 12.1. The number of benzene rings is 1. The SMILES string of the molecule is CN(CCc1ccccc1)c1ccnc(C#N)c1. The van der Waals surface area contributed by atoms with E-state index in [2.05, 4.69) is 40.2 Å². The van der Waals surface area contributed by atoms with E-state index in [0.29, 0.717) is 5.69 Å². The molecule has 90 valence electrons. The predicted molar refractivity (Wildman–Crippen MR) is 72.4 cm³/mol. The van der Waals surface area contributed by atoms with Crippen molar-refractivity contribution >= 4 is 5.69 Å². The molecule has 18 heavy (non-hydrogen) atoms. The average Bonchev–Trinajstić information content (AvgIpc) is 2.46. The third-order valence-corrected chi connectivity index (χ3v) is 2.88. The van der Waals surface area contributed by atoms with Crippen molar-refractivity contribution in [1.82, 2.24) is 4.98 Å².